The number of pyridine rings is 2. The predicted octanol–water partition coefficient (Wildman–Crippen LogP) is 1.85. The minimum absolute atomic E-state index is 0.0280. The molecule has 132 valence electrons. The Kier molecular flexibility index (Phi) is 4.15. The molecule has 0 saturated carbocycles. The molecule has 3 heterocycles. The van der Waals surface area contributed by atoms with Gasteiger partial charge in [-0.1, -0.05) is 0 Å². The Bertz CT molecular complexity index is 934. The fourth-order valence-electron chi connectivity index (χ4n) is 3.22. The van der Waals surface area contributed by atoms with Gasteiger partial charge in [0.25, 0.3) is 5.56 Å². The number of methoxy groups -OCH3 is 1. The number of anilines is 1. The SMILES string of the molecule is [2H][C@@](C)(O)c1cc2c(N3CCC(C)(OC)CC3)c(C#N)c(=O)[nH]c2cn1. The molecule has 25 heavy (non-hydrogen) atoms. The van der Waals surface area contributed by atoms with Crippen LogP contribution in [0.2, 0.25) is 0 Å². The van der Waals surface area contributed by atoms with E-state index >= 15 is 0 Å². The summed E-state index contributed by atoms with van der Waals surface area (Å²) in [7, 11) is 1.69. The minimum atomic E-state index is -1.87. The summed E-state index contributed by atoms with van der Waals surface area (Å²) in [5.41, 5.74) is 0.482. The van der Waals surface area contributed by atoms with Crippen LogP contribution < -0.4 is 10.5 Å². The molecule has 1 fully saturated rings. The highest BCUT2D eigenvalue weighted by Gasteiger charge is 2.32. The number of ether oxygens (including phenoxy) is 1. The molecule has 0 radical (unpaired) electrons. The van der Waals surface area contributed by atoms with Crippen LogP contribution in [0.5, 0.6) is 0 Å². The number of H-pyrrole nitrogens is 1. The number of hydrogen-bond acceptors (Lipinski definition) is 6. The fraction of sp³-hybridized carbons (Fsp3) is 0.500. The summed E-state index contributed by atoms with van der Waals surface area (Å²) in [5.74, 6) is 0. The fourth-order valence-corrected chi connectivity index (χ4v) is 3.22. The zero-order valence-electron chi connectivity index (χ0n) is 15.6. The molecule has 2 aromatic rings. The van der Waals surface area contributed by atoms with E-state index in [2.05, 4.69) is 9.97 Å². The Morgan fingerprint density at radius 1 is 1.56 bits per heavy atom. The Morgan fingerprint density at radius 2 is 2.24 bits per heavy atom. The molecule has 7 heteroatoms. The van der Waals surface area contributed by atoms with Crippen LogP contribution in [0, 0.1) is 11.3 Å². The van der Waals surface area contributed by atoms with Crippen LogP contribution in [0.15, 0.2) is 17.1 Å². The van der Waals surface area contributed by atoms with Crippen molar-refractivity contribution in [3.63, 3.8) is 0 Å². The van der Waals surface area contributed by atoms with Crippen molar-refractivity contribution >= 4 is 16.6 Å². The third kappa shape index (κ3) is 3.11. The number of aliphatic hydroxyl groups is 1. The second-order valence-electron chi connectivity index (χ2n) is 6.63. The molecular weight excluding hydrogens is 320 g/mol. The lowest BCUT2D eigenvalue weighted by molar-refractivity contribution is -0.0132. The molecule has 0 unspecified atom stereocenters. The van der Waals surface area contributed by atoms with Gasteiger partial charge in [0.1, 0.15) is 11.6 Å². The van der Waals surface area contributed by atoms with E-state index < -0.39 is 11.6 Å². The maximum atomic E-state index is 12.3. The van der Waals surface area contributed by atoms with E-state index in [1.165, 1.54) is 13.1 Å². The highest BCUT2D eigenvalue weighted by atomic mass is 16.5. The van der Waals surface area contributed by atoms with Gasteiger partial charge in [0.2, 0.25) is 0 Å². The molecule has 1 atom stereocenters. The van der Waals surface area contributed by atoms with Crippen molar-refractivity contribution in [2.45, 2.75) is 38.4 Å². The molecule has 0 bridgehead atoms. The number of rotatable bonds is 3. The van der Waals surface area contributed by atoms with E-state index in [9.17, 15) is 15.2 Å². The van der Waals surface area contributed by atoms with Crippen LogP contribution in [-0.2, 0) is 4.74 Å². The lowest BCUT2D eigenvalue weighted by Crippen LogP contribution is -2.44. The number of nitrogens with zero attached hydrogens (tertiary/aromatic N) is 3. The zero-order chi connectivity index (χ0) is 19.1. The maximum absolute atomic E-state index is 12.3. The first-order chi connectivity index (χ1) is 12.2. The molecule has 1 aliphatic heterocycles. The molecule has 1 saturated heterocycles. The van der Waals surface area contributed by atoms with Crippen LogP contribution in [0.3, 0.4) is 0 Å². The minimum Gasteiger partial charge on any atom is -0.387 e. The number of nitriles is 1. The number of piperidine rings is 1. The average Bonchev–Trinajstić information content (AvgIpc) is 2.60. The largest absolute Gasteiger partial charge is 0.387 e. The highest BCUT2D eigenvalue weighted by molar-refractivity contribution is 5.94. The van der Waals surface area contributed by atoms with Crippen LogP contribution in [-0.4, -0.2) is 40.9 Å². The van der Waals surface area contributed by atoms with Gasteiger partial charge in [0.15, 0.2) is 0 Å². The van der Waals surface area contributed by atoms with Crippen molar-refractivity contribution in [1.29, 1.82) is 5.26 Å². The van der Waals surface area contributed by atoms with Gasteiger partial charge in [0.05, 0.1) is 36.1 Å². The first-order valence-corrected chi connectivity index (χ1v) is 8.17. The number of fused-ring (bicyclic) bond motifs is 1. The van der Waals surface area contributed by atoms with E-state index in [1.54, 1.807) is 13.2 Å². The molecule has 1 aliphatic rings. The lowest BCUT2D eigenvalue weighted by Gasteiger charge is -2.40. The van der Waals surface area contributed by atoms with Crippen molar-refractivity contribution in [1.82, 2.24) is 9.97 Å². The third-order valence-electron chi connectivity index (χ3n) is 4.98. The summed E-state index contributed by atoms with van der Waals surface area (Å²) in [6, 6.07) is 3.57. The van der Waals surface area contributed by atoms with E-state index in [1.807, 2.05) is 17.9 Å². The van der Waals surface area contributed by atoms with Crippen molar-refractivity contribution in [2.75, 3.05) is 25.1 Å². The zero-order valence-corrected chi connectivity index (χ0v) is 14.6. The first kappa shape index (κ1) is 16.1. The predicted molar refractivity (Wildman–Crippen MR) is 94.6 cm³/mol. The van der Waals surface area contributed by atoms with Crippen LogP contribution in [0.25, 0.3) is 10.9 Å². The summed E-state index contributed by atoms with van der Waals surface area (Å²) < 4.78 is 13.4. The number of nitrogens with one attached hydrogen (secondary N) is 1. The molecule has 7 nitrogen and oxygen atoms in total. The molecule has 2 aromatic heterocycles. The lowest BCUT2D eigenvalue weighted by atomic mass is 9.92. The first-order valence-electron chi connectivity index (χ1n) is 8.67. The smallest absolute Gasteiger partial charge is 0.268 e. The van der Waals surface area contributed by atoms with Crippen molar-refractivity contribution < 1.29 is 11.2 Å². The number of aromatic nitrogens is 2. The van der Waals surface area contributed by atoms with Crippen molar-refractivity contribution in [3.8, 4) is 6.07 Å². The highest BCUT2D eigenvalue weighted by Crippen LogP contribution is 2.33. The van der Waals surface area contributed by atoms with E-state index in [-0.39, 0.29) is 16.9 Å². The Morgan fingerprint density at radius 3 is 2.80 bits per heavy atom. The van der Waals surface area contributed by atoms with E-state index in [0.29, 0.717) is 29.7 Å². The molecule has 0 aromatic carbocycles. The standard InChI is InChI=1S/C18H22N4O3/c1-11(23)14-8-12-15(10-20-14)21-17(24)13(9-19)16(12)22-6-4-18(2,25-3)5-7-22/h8,10-11,23H,4-7H2,1-3H3,(H,21,24)/t11-/m0/s1/i11D. The van der Waals surface area contributed by atoms with Crippen LogP contribution in [0.1, 0.15) is 45.4 Å². The van der Waals surface area contributed by atoms with Gasteiger partial charge in [-0.3, -0.25) is 9.78 Å². The molecule has 0 aliphatic carbocycles. The Hall–Kier alpha value is -2.43. The van der Waals surface area contributed by atoms with Crippen LogP contribution in [0.4, 0.5) is 5.69 Å². The van der Waals surface area contributed by atoms with Gasteiger partial charge >= 0.3 is 0 Å². The quantitative estimate of drug-likeness (QED) is 0.882. The van der Waals surface area contributed by atoms with Crippen LogP contribution >= 0.6 is 0 Å². The van der Waals surface area contributed by atoms with Gasteiger partial charge in [0, 0.05) is 25.6 Å². The van der Waals surface area contributed by atoms with Gasteiger partial charge in [-0.15, -0.1) is 0 Å². The normalized spacial score (nSPS) is 20.0. The summed E-state index contributed by atoms with van der Waals surface area (Å²) in [6.45, 7) is 4.63. The van der Waals surface area contributed by atoms with E-state index in [0.717, 1.165) is 12.8 Å². The summed E-state index contributed by atoms with van der Waals surface area (Å²) in [6.07, 6.45) is 1.07. The van der Waals surface area contributed by atoms with E-state index in [4.69, 9.17) is 6.11 Å². The molecular formula is C18H22N4O3. The number of hydrogen-bond donors (Lipinski definition) is 2. The maximum Gasteiger partial charge on any atom is 0.268 e. The molecule has 0 amide bonds. The van der Waals surface area contributed by atoms with Gasteiger partial charge in [-0.25, -0.2) is 0 Å². The summed E-state index contributed by atoms with van der Waals surface area (Å²) in [4.78, 5) is 21.1. The summed E-state index contributed by atoms with van der Waals surface area (Å²) >= 11 is 0. The van der Waals surface area contributed by atoms with Gasteiger partial charge in [-0.05, 0) is 32.8 Å². The number of aromatic amines is 1. The van der Waals surface area contributed by atoms with Crippen molar-refractivity contribution in [3.05, 3.63) is 33.9 Å². The summed E-state index contributed by atoms with van der Waals surface area (Å²) in [5, 5.41) is 20.1. The van der Waals surface area contributed by atoms with Gasteiger partial charge in [-0.2, -0.15) is 5.26 Å². The van der Waals surface area contributed by atoms with Gasteiger partial charge < -0.3 is 19.7 Å². The molecule has 2 N–H and O–H groups in total. The molecule has 3 rings (SSSR count). The topological polar surface area (TPSA) is 102 Å². The third-order valence-corrected chi connectivity index (χ3v) is 4.98. The second-order valence-corrected chi connectivity index (χ2v) is 6.63. The Labute approximate surface area is 147 Å². The average molecular weight is 343 g/mol. The second kappa shape index (κ2) is 6.47. The van der Waals surface area contributed by atoms with Crippen molar-refractivity contribution in [2.24, 2.45) is 0 Å². The monoisotopic (exact) mass is 343 g/mol. The Balaban J connectivity index is 2.19. The molecule has 0 spiro atoms.